The number of likely N-dealkylation sites (tertiary alicyclic amines) is 1. The lowest BCUT2D eigenvalue weighted by molar-refractivity contribution is -0.132. The van der Waals surface area contributed by atoms with Gasteiger partial charge in [-0.15, -0.1) is 0 Å². The van der Waals surface area contributed by atoms with E-state index < -0.39 is 6.10 Å². The van der Waals surface area contributed by atoms with Gasteiger partial charge in [-0.3, -0.25) is 4.79 Å². The number of allylic oxidation sites excluding steroid dienone is 2. The summed E-state index contributed by atoms with van der Waals surface area (Å²) in [6.07, 6.45) is 14.0. The van der Waals surface area contributed by atoms with E-state index in [1.165, 1.54) is 17.6 Å². The molecule has 1 saturated carbocycles. The van der Waals surface area contributed by atoms with Gasteiger partial charge >= 0.3 is 0 Å². The van der Waals surface area contributed by atoms with Gasteiger partial charge in [-0.25, -0.2) is 0 Å². The first-order valence-electron chi connectivity index (χ1n) is 12.6. The lowest BCUT2D eigenvalue weighted by Crippen LogP contribution is -2.35. The molecule has 1 saturated heterocycles. The topological polar surface area (TPSA) is 60.8 Å². The molecule has 0 radical (unpaired) electrons. The number of fused-ring (bicyclic) bond motifs is 1. The van der Waals surface area contributed by atoms with Crippen molar-refractivity contribution >= 4 is 5.91 Å². The molecule has 1 amide bonds. The maximum absolute atomic E-state index is 12.4. The molecular weight excluding hydrogens is 398 g/mol. The van der Waals surface area contributed by atoms with Crippen LogP contribution in [0.2, 0.25) is 0 Å². The zero-order valence-electron chi connectivity index (χ0n) is 19.5. The normalized spacial score (nSPS) is 28.7. The lowest BCUT2D eigenvalue weighted by atomic mass is 9.88. The van der Waals surface area contributed by atoms with E-state index in [2.05, 4.69) is 31.2 Å². The van der Waals surface area contributed by atoms with Crippen LogP contribution in [0.15, 0.2) is 48.1 Å². The van der Waals surface area contributed by atoms with Crippen LogP contribution >= 0.6 is 0 Å². The average molecular weight is 438 g/mol. The molecule has 1 aromatic carbocycles. The molecule has 2 fully saturated rings. The predicted octanol–water partition coefficient (Wildman–Crippen LogP) is 4.58. The van der Waals surface area contributed by atoms with E-state index in [1.54, 1.807) is 0 Å². The number of amides is 1. The van der Waals surface area contributed by atoms with Crippen molar-refractivity contribution < 1.29 is 15.0 Å². The van der Waals surface area contributed by atoms with E-state index in [0.717, 1.165) is 57.2 Å². The third-order valence-electron chi connectivity index (χ3n) is 7.63. The molecule has 2 aliphatic carbocycles. The van der Waals surface area contributed by atoms with Crippen molar-refractivity contribution in [3.63, 3.8) is 0 Å². The highest BCUT2D eigenvalue weighted by atomic mass is 16.3. The van der Waals surface area contributed by atoms with Crippen LogP contribution in [-0.2, 0) is 11.2 Å². The molecule has 1 aliphatic heterocycles. The number of piperidine rings is 1. The van der Waals surface area contributed by atoms with Gasteiger partial charge in [-0.2, -0.15) is 0 Å². The maximum Gasteiger partial charge on any atom is 0.222 e. The number of hydrogen-bond acceptors (Lipinski definition) is 3. The molecule has 3 aliphatic rings. The van der Waals surface area contributed by atoms with E-state index in [4.69, 9.17) is 0 Å². The summed E-state index contributed by atoms with van der Waals surface area (Å²) in [4.78, 5) is 14.4. The van der Waals surface area contributed by atoms with Gasteiger partial charge in [0.15, 0.2) is 0 Å². The first kappa shape index (κ1) is 23.3. The molecular formula is C28H39NO3. The zero-order valence-corrected chi connectivity index (χ0v) is 19.5. The number of benzene rings is 1. The quantitative estimate of drug-likeness (QED) is 0.585. The minimum Gasteiger partial charge on any atom is -0.392 e. The van der Waals surface area contributed by atoms with E-state index >= 15 is 0 Å². The van der Waals surface area contributed by atoms with Gasteiger partial charge in [0.1, 0.15) is 0 Å². The first-order chi connectivity index (χ1) is 15.5. The van der Waals surface area contributed by atoms with Gasteiger partial charge in [0.05, 0.1) is 12.2 Å². The molecule has 174 valence electrons. The van der Waals surface area contributed by atoms with Crippen molar-refractivity contribution in [2.24, 2.45) is 17.8 Å². The Balaban J connectivity index is 1.24. The zero-order chi connectivity index (χ0) is 22.5. The molecule has 0 unspecified atom stereocenters. The van der Waals surface area contributed by atoms with Crippen LogP contribution in [0.5, 0.6) is 0 Å². The summed E-state index contributed by atoms with van der Waals surface area (Å²) in [7, 11) is 0. The number of carbonyl (C=O) groups excluding carboxylic acids is 1. The van der Waals surface area contributed by atoms with Gasteiger partial charge in [-0.05, 0) is 69.3 Å². The summed E-state index contributed by atoms with van der Waals surface area (Å²) >= 11 is 0. The summed E-state index contributed by atoms with van der Waals surface area (Å²) in [5, 5.41) is 21.1. The molecule has 1 aromatic rings. The number of carbonyl (C=O) groups is 1. The second-order valence-corrected chi connectivity index (χ2v) is 10.2. The molecule has 5 atom stereocenters. The fraction of sp³-hybridized carbons (Fsp3) is 0.607. The van der Waals surface area contributed by atoms with Gasteiger partial charge in [0.25, 0.3) is 0 Å². The highest BCUT2D eigenvalue weighted by Crippen LogP contribution is 2.48. The Bertz CT molecular complexity index is 839. The largest absolute Gasteiger partial charge is 0.392 e. The van der Waals surface area contributed by atoms with Gasteiger partial charge in [-0.1, -0.05) is 53.6 Å². The number of hydrogen-bond donors (Lipinski definition) is 2. The number of aliphatic hydroxyl groups is 2. The molecule has 0 spiro atoms. The van der Waals surface area contributed by atoms with Crippen molar-refractivity contribution in [2.75, 3.05) is 13.1 Å². The Morgan fingerprint density at radius 3 is 2.84 bits per heavy atom. The summed E-state index contributed by atoms with van der Waals surface area (Å²) in [6, 6.07) is 8.25. The molecule has 0 aromatic heterocycles. The fourth-order valence-corrected chi connectivity index (χ4v) is 5.96. The summed E-state index contributed by atoms with van der Waals surface area (Å²) < 4.78 is 0. The van der Waals surface area contributed by atoms with Crippen LogP contribution in [-0.4, -0.2) is 46.3 Å². The Morgan fingerprint density at radius 2 is 2.06 bits per heavy atom. The Kier molecular flexibility index (Phi) is 7.85. The van der Waals surface area contributed by atoms with E-state index in [-0.39, 0.29) is 12.0 Å². The second-order valence-electron chi connectivity index (χ2n) is 10.2. The fourth-order valence-electron chi connectivity index (χ4n) is 5.96. The van der Waals surface area contributed by atoms with Crippen LogP contribution in [0.4, 0.5) is 0 Å². The highest BCUT2D eigenvalue weighted by Gasteiger charge is 2.43. The monoisotopic (exact) mass is 437 g/mol. The standard InChI is InChI=1S/C28H39NO3/c1-20-7-5-8-21(15-20)17-24(30)11-12-25-26-18-22(16-23(26)19-27(25)31)9-6-10-28(32)29-13-3-2-4-14-29/h5,7-8,11-12,15-16,23-27,30-31H,2-4,6,9-10,13-14,17-19H2,1H3/t23-,24-,25+,26-,27+/m0/s1. The van der Waals surface area contributed by atoms with Crippen molar-refractivity contribution in [3.05, 3.63) is 59.2 Å². The van der Waals surface area contributed by atoms with Crippen LogP contribution in [0.3, 0.4) is 0 Å². The lowest BCUT2D eigenvalue weighted by Gasteiger charge is -2.26. The smallest absolute Gasteiger partial charge is 0.222 e. The number of rotatable bonds is 8. The van der Waals surface area contributed by atoms with Crippen molar-refractivity contribution in [1.82, 2.24) is 4.90 Å². The minimum atomic E-state index is -0.530. The summed E-state index contributed by atoms with van der Waals surface area (Å²) in [5.74, 6) is 1.29. The first-order valence-corrected chi connectivity index (χ1v) is 12.6. The van der Waals surface area contributed by atoms with Crippen LogP contribution in [0, 0.1) is 24.7 Å². The molecule has 32 heavy (non-hydrogen) atoms. The molecule has 4 heteroatoms. The summed E-state index contributed by atoms with van der Waals surface area (Å²) in [6.45, 7) is 3.94. The van der Waals surface area contributed by atoms with Crippen LogP contribution in [0.25, 0.3) is 0 Å². The third-order valence-corrected chi connectivity index (χ3v) is 7.63. The molecule has 2 N–H and O–H groups in total. The van der Waals surface area contributed by atoms with Gasteiger partial charge < -0.3 is 15.1 Å². The number of aliphatic hydroxyl groups excluding tert-OH is 2. The van der Waals surface area contributed by atoms with E-state index in [0.29, 0.717) is 30.6 Å². The minimum absolute atomic E-state index is 0.107. The number of aryl methyl sites for hydroxylation is 1. The Hall–Kier alpha value is -1.91. The Morgan fingerprint density at radius 1 is 1.25 bits per heavy atom. The predicted molar refractivity (Wildman–Crippen MR) is 128 cm³/mol. The molecule has 4 rings (SSSR count). The SMILES string of the molecule is Cc1cccc(C[C@@H](O)C=C[C@@H]2[C@H]3CC(CCCC(=O)N4CCCCC4)=C[C@H]3C[C@H]2O)c1. The van der Waals surface area contributed by atoms with E-state index in [1.807, 2.05) is 23.1 Å². The van der Waals surface area contributed by atoms with Crippen LogP contribution < -0.4 is 0 Å². The second kappa shape index (κ2) is 10.8. The van der Waals surface area contributed by atoms with Gasteiger partial charge in [0, 0.05) is 31.8 Å². The molecule has 4 nitrogen and oxygen atoms in total. The van der Waals surface area contributed by atoms with Crippen LogP contribution in [0.1, 0.15) is 62.5 Å². The average Bonchev–Trinajstić information content (AvgIpc) is 3.29. The van der Waals surface area contributed by atoms with Crippen molar-refractivity contribution in [1.29, 1.82) is 0 Å². The third kappa shape index (κ3) is 5.90. The van der Waals surface area contributed by atoms with E-state index in [9.17, 15) is 15.0 Å². The van der Waals surface area contributed by atoms with Gasteiger partial charge in [0.2, 0.25) is 5.91 Å². The van der Waals surface area contributed by atoms with Crippen molar-refractivity contribution in [2.45, 2.75) is 76.9 Å². The molecule has 0 bridgehead atoms. The number of nitrogens with zero attached hydrogens (tertiary/aromatic N) is 1. The Labute approximate surface area is 193 Å². The summed E-state index contributed by atoms with van der Waals surface area (Å²) in [5.41, 5.74) is 3.79. The van der Waals surface area contributed by atoms with Crippen molar-refractivity contribution in [3.8, 4) is 0 Å². The highest BCUT2D eigenvalue weighted by molar-refractivity contribution is 5.76. The molecule has 1 heterocycles. The maximum atomic E-state index is 12.4.